The number of nitrogens with zero attached hydrogens (tertiary/aromatic N) is 1. The molecular formula is C12H10FNO4. The molecule has 1 aromatic heterocycles. The van der Waals surface area contributed by atoms with Gasteiger partial charge in [-0.3, -0.25) is 0 Å². The number of ether oxygens (including phenoxy) is 1. The van der Waals surface area contributed by atoms with Crippen LogP contribution in [0.5, 0.6) is 5.75 Å². The van der Waals surface area contributed by atoms with Gasteiger partial charge in [0, 0.05) is 6.07 Å². The Morgan fingerprint density at radius 1 is 1.50 bits per heavy atom. The number of carbonyl (C=O) groups is 1. The first-order valence-corrected chi connectivity index (χ1v) is 5.07. The third kappa shape index (κ3) is 2.04. The standard InChI is InChI=1S/C12H10FNO4/c1-6-10(12(15)16)18-11(14-6)8-4-3-7(17-2)5-9(8)13/h3-5H,1-2H3,(H,15,16). The highest BCUT2D eigenvalue weighted by Crippen LogP contribution is 2.27. The fourth-order valence-electron chi connectivity index (χ4n) is 1.51. The van der Waals surface area contributed by atoms with Gasteiger partial charge in [-0.2, -0.15) is 0 Å². The van der Waals surface area contributed by atoms with Crippen LogP contribution in [0.3, 0.4) is 0 Å². The molecule has 6 heteroatoms. The van der Waals surface area contributed by atoms with Gasteiger partial charge in [0.2, 0.25) is 11.7 Å². The van der Waals surface area contributed by atoms with Crippen LogP contribution in [-0.2, 0) is 0 Å². The van der Waals surface area contributed by atoms with Crippen LogP contribution >= 0.6 is 0 Å². The van der Waals surface area contributed by atoms with Crippen molar-refractivity contribution >= 4 is 5.97 Å². The summed E-state index contributed by atoms with van der Waals surface area (Å²) in [6.45, 7) is 1.48. The molecule has 0 saturated heterocycles. The number of methoxy groups -OCH3 is 1. The smallest absolute Gasteiger partial charge is 0.373 e. The molecule has 2 rings (SSSR count). The first-order valence-electron chi connectivity index (χ1n) is 5.07. The molecule has 0 aliphatic heterocycles. The predicted octanol–water partition coefficient (Wildman–Crippen LogP) is 2.50. The number of benzene rings is 1. The highest BCUT2D eigenvalue weighted by Gasteiger charge is 2.19. The van der Waals surface area contributed by atoms with E-state index in [1.807, 2.05) is 0 Å². The number of hydrogen-bond donors (Lipinski definition) is 1. The van der Waals surface area contributed by atoms with E-state index in [0.29, 0.717) is 5.75 Å². The summed E-state index contributed by atoms with van der Waals surface area (Å²) in [5.41, 5.74) is 0.291. The molecule has 0 spiro atoms. The van der Waals surface area contributed by atoms with E-state index in [-0.39, 0.29) is 22.9 Å². The number of carboxylic acids is 1. The third-order valence-corrected chi connectivity index (χ3v) is 2.40. The Morgan fingerprint density at radius 3 is 2.72 bits per heavy atom. The van der Waals surface area contributed by atoms with Gasteiger partial charge in [-0.25, -0.2) is 14.2 Å². The van der Waals surface area contributed by atoms with Crippen molar-refractivity contribution in [3.8, 4) is 17.2 Å². The molecule has 0 amide bonds. The number of oxazole rings is 1. The summed E-state index contributed by atoms with van der Waals surface area (Å²) in [6.07, 6.45) is 0. The van der Waals surface area contributed by atoms with Gasteiger partial charge in [-0.15, -0.1) is 0 Å². The van der Waals surface area contributed by atoms with E-state index in [0.717, 1.165) is 0 Å². The van der Waals surface area contributed by atoms with Crippen molar-refractivity contribution in [2.45, 2.75) is 6.92 Å². The predicted molar refractivity (Wildman–Crippen MR) is 60.1 cm³/mol. The van der Waals surface area contributed by atoms with Crippen LogP contribution in [0.15, 0.2) is 22.6 Å². The molecule has 18 heavy (non-hydrogen) atoms. The van der Waals surface area contributed by atoms with Crippen LogP contribution in [0, 0.1) is 12.7 Å². The Kier molecular flexibility index (Phi) is 3.01. The zero-order chi connectivity index (χ0) is 13.3. The maximum atomic E-state index is 13.7. The second kappa shape index (κ2) is 4.48. The van der Waals surface area contributed by atoms with Crippen LogP contribution in [-0.4, -0.2) is 23.2 Å². The molecule has 94 valence electrons. The minimum absolute atomic E-state index is 0.0648. The largest absolute Gasteiger partial charge is 0.497 e. The Hall–Kier alpha value is -2.37. The van der Waals surface area contributed by atoms with E-state index >= 15 is 0 Å². The van der Waals surface area contributed by atoms with E-state index < -0.39 is 11.8 Å². The summed E-state index contributed by atoms with van der Waals surface area (Å²) in [7, 11) is 1.42. The van der Waals surface area contributed by atoms with Crippen LogP contribution in [0.1, 0.15) is 16.2 Å². The minimum atomic E-state index is -1.24. The third-order valence-electron chi connectivity index (χ3n) is 2.40. The van der Waals surface area contributed by atoms with Crippen LogP contribution in [0.4, 0.5) is 4.39 Å². The van der Waals surface area contributed by atoms with Crippen molar-refractivity contribution in [1.82, 2.24) is 4.98 Å². The fourth-order valence-corrected chi connectivity index (χ4v) is 1.51. The molecule has 1 aromatic carbocycles. The van der Waals surface area contributed by atoms with E-state index in [2.05, 4.69) is 4.98 Å². The number of rotatable bonds is 3. The molecule has 0 atom stereocenters. The minimum Gasteiger partial charge on any atom is -0.497 e. The molecule has 1 N–H and O–H groups in total. The van der Waals surface area contributed by atoms with Crippen molar-refractivity contribution in [1.29, 1.82) is 0 Å². The van der Waals surface area contributed by atoms with Crippen LogP contribution in [0.2, 0.25) is 0 Å². The Morgan fingerprint density at radius 2 is 2.22 bits per heavy atom. The van der Waals surface area contributed by atoms with E-state index in [1.54, 1.807) is 6.07 Å². The molecule has 0 radical (unpaired) electrons. The van der Waals surface area contributed by atoms with Gasteiger partial charge in [0.1, 0.15) is 11.6 Å². The van der Waals surface area contributed by atoms with Gasteiger partial charge in [-0.05, 0) is 19.1 Å². The van der Waals surface area contributed by atoms with Crippen molar-refractivity contribution in [3.05, 3.63) is 35.5 Å². The summed E-state index contributed by atoms with van der Waals surface area (Å²) >= 11 is 0. The maximum Gasteiger partial charge on any atom is 0.373 e. The topological polar surface area (TPSA) is 72.6 Å². The highest BCUT2D eigenvalue weighted by atomic mass is 19.1. The molecule has 0 unspecified atom stereocenters. The average molecular weight is 251 g/mol. The van der Waals surface area contributed by atoms with Crippen molar-refractivity contribution in [2.24, 2.45) is 0 Å². The lowest BCUT2D eigenvalue weighted by atomic mass is 10.2. The molecule has 0 aliphatic rings. The molecule has 0 aliphatic carbocycles. The summed E-state index contributed by atoms with van der Waals surface area (Å²) in [5.74, 6) is -1.82. The zero-order valence-electron chi connectivity index (χ0n) is 9.73. The molecule has 1 heterocycles. The van der Waals surface area contributed by atoms with E-state index in [1.165, 1.54) is 26.2 Å². The first kappa shape index (κ1) is 12.1. The Balaban J connectivity index is 2.49. The summed E-state index contributed by atoms with van der Waals surface area (Å²) < 4.78 is 23.6. The van der Waals surface area contributed by atoms with E-state index in [4.69, 9.17) is 14.3 Å². The maximum absolute atomic E-state index is 13.7. The lowest BCUT2D eigenvalue weighted by Gasteiger charge is -2.02. The number of aryl methyl sites for hydroxylation is 1. The van der Waals surface area contributed by atoms with Gasteiger partial charge < -0.3 is 14.3 Å². The normalized spacial score (nSPS) is 10.4. The van der Waals surface area contributed by atoms with Gasteiger partial charge in [0.15, 0.2) is 0 Å². The second-order valence-electron chi connectivity index (χ2n) is 3.58. The number of aromatic carboxylic acids is 1. The highest BCUT2D eigenvalue weighted by molar-refractivity contribution is 5.86. The number of aromatic nitrogens is 1. The zero-order valence-corrected chi connectivity index (χ0v) is 9.73. The number of hydrogen-bond acceptors (Lipinski definition) is 4. The van der Waals surface area contributed by atoms with Crippen molar-refractivity contribution in [2.75, 3.05) is 7.11 Å². The summed E-state index contributed by atoms with van der Waals surface area (Å²) in [5, 5.41) is 8.83. The SMILES string of the molecule is COc1ccc(-c2nc(C)c(C(=O)O)o2)c(F)c1. The summed E-state index contributed by atoms with van der Waals surface area (Å²) in [4.78, 5) is 14.7. The van der Waals surface area contributed by atoms with Gasteiger partial charge in [0.25, 0.3) is 0 Å². The second-order valence-corrected chi connectivity index (χ2v) is 3.58. The Labute approximate surface area is 102 Å². The van der Waals surface area contributed by atoms with Gasteiger partial charge in [0.05, 0.1) is 18.4 Å². The van der Waals surface area contributed by atoms with Gasteiger partial charge in [-0.1, -0.05) is 0 Å². The Bertz CT molecular complexity index is 606. The lowest BCUT2D eigenvalue weighted by molar-refractivity contribution is 0.0662. The van der Waals surface area contributed by atoms with Crippen molar-refractivity contribution in [3.63, 3.8) is 0 Å². The fraction of sp³-hybridized carbons (Fsp3) is 0.167. The monoisotopic (exact) mass is 251 g/mol. The van der Waals surface area contributed by atoms with Crippen molar-refractivity contribution < 1.29 is 23.4 Å². The number of halogens is 1. The molecule has 0 fully saturated rings. The lowest BCUT2D eigenvalue weighted by Crippen LogP contribution is -1.95. The average Bonchev–Trinajstić information content (AvgIpc) is 2.71. The number of carboxylic acid groups (broad SMARTS) is 1. The molecule has 0 saturated carbocycles. The summed E-state index contributed by atoms with van der Waals surface area (Å²) in [6, 6.07) is 4.14. The molecule has 5 nitrogen and oxygen atoms in total. The molecule has 2 aromatic rings. The first-order chi connectivity index (χ1) is 8.52. The molecular weight excluding hydrogens is 241 g/mol. The van der Waals surface area contributed by atoms with E-state index in [9.17, 15) is 9.18 Å². The quantitative estimate of drug-likeness (QED) is 0.907. The van der Waals surface area contributed by atoms with Crippen LogP contribution in [0.25, 0.3) is 11.5 Å². The van der Waals surface area contributed by atoms with Gasteiger partial charge >= 0.3 is 5.97 Å². The molecule has 0 bridgehead atoms. The van der Waals surface area contributed by atoms with Crippen LogP contribution < -0.4 is 4.74 Å².